The fraction of sp³-hybridized carbons (Fsp3) is 0.250. The molecule has 11 heteroatoms. The average Bonchev–Trinajstić information content (AvgIpc) is 3.45. The van der Waals surface area contributed by atoms with Gasteiger partial charge in [0.05, 0.1) is 11.0 Å². The summed E-state index contributed by atoms with van der Waals surface area (Å²) in [5.41, 5.74) is 21.2. The summed E-state index contributed by atoms with van der Waals surface area (Å²) in [6.07, 6.45) is 3.22. The van der Waals surface area contributed by atoms with Gasteiger partial charge >= 0.3 is 0 Å². The quantitative estimate of drug-likeness (QED) is 0.0774. The number of hydrogen-bond acceptors (Lipinski definition) is 6. The van der Waals surface area contributed by atoms with E-state index in [1.807, 2.05) is 92.1 Å². The van der Waals surface area contributed by atoms with Gasteiger partial charge in [-0.2, -0.15) is 0 Å². The van der Waals surface area contributed by atoms with Crippen molar-refractivity contribution in [3.8, 4) is 22.9 Å². The minimum absolute atomic E-state index is 0.0179. The largest absolute Gasteiger partial charge is 0.457 e. The number of pyridine rings is 1. The third kappa shape index (κ3) is 8.94. The molecule has 5 rings (SSSR count). The lowest BCUT2D eigenvalue weighted by Gasteiger charge is -2.19. The summed E-state index contributed by atoms with van der Waals surface area (Å²) in [6.45, 7) is 6.75. The van der Waals surface area contributed by atoms with Gasteiger partial charge in [-0.1, -0.05) is 50.2 Å². The highest BCUT2D eigenvalue weighted by atomic mass is 16.5. The molecule has 0 aliphatic carbocycles. The number of aliphatic imine (C=N–C) groups is 1. The average molecular weight is 635 g/mol. The zero-order valence-corrected chi connectivity index (χ0v) is 27.0. The van der Waals surface area contributed by atoms with Gasteiger partial charge in [-0.3, -0.25) is 19.6 Å². The number of nitrogens with two attached hydrogens (primary N) is 3. The van der Waals surface area contributed by atoms with Crippen molar-refractivity contribution in [3.05, 3.63) is 108 Å². The van der Waals surface area contributed by atoms with Crippen LogP contribution in [-0.2, 0) is 11.2 Å². The van der Waals surface area contributed by atoms with Crippen LogP contribution in [0.2, 0.25) is 0 Å². The van der Waals surface area contributed by atoms with E-state index in [1.54, 1.807) is 24.4 Å². The van der Waals surface area contributed by atoms with Gasteiger partial charge in [-0.05, 0) is 73.9 Å². The van der Waals surface area contributed by atoms with Gasteiger partial charge in [0.2, 0.25) is 5.91 Å². The zero-order valence-electron chi connectivity index (χ0n) is 27.0. The third-order valence-electron chi connectivity index (χ3n) is 7.33. The van der Waals surface area contributed by atoms with E-state index >= 15 is 0 Å². The van der Waals surface area contributed by atoms with Gasteiger partial charge in [0.1, 0.15) is 23.4 Å². The van der Waals surface area contributed by atoms with Gasteiger partial charge < -0.3 is 31.8 Å². The summed E-state index contributed by atoms with van der Waals surface area (Å²) in [4.78, 5) is 39.2. The predicted octanol–water partition coefficient (Wildman–Crippen LogP) is 5.28. The number of fused-ring (bicyclic) bond motifs is 1. The number of aryl methyl sites for hydroxylation is 1. The first-order valence-electron chi connectivity index (χ1n) is 15.7. The fourth-order valence-electron chi connectivity index (χ4n) is 5.10. The van der Waals surface area contributed by atoms with E-state index in [1.165, 1.54) is 0 Å². The maximum atomic E-state index is 13.1. The minimum Gasteiger partial charge on any atom is -0.457 e. The van der Waals surface area contributed by atoms with Crippen LogP contribution in [0.1, 0.15) is 54.3 Å². The fourth-order valence-corrected chi connectivity index (χ4v) is 5.10. The van der Waals surface area contributed by atoms with Gasteiger partial charge in [-0.25, -0.2) is 4.98 Å². The lowest BCUT2D eigenvalue weighted by Crippen LogP contribution is -2.28. The number of imidazole rings is 1. The molecule has 2 amide bonds. The number of guanidine groups is 1. The van der Waals surface area contributed by atoms with Crippen LogP contribution in [0.3, 0.4) is 0 Å². The SMILES string of the molecule is CC.Cc1ccccc1Oc1cccc(-c2nc3cc(C(=O)NCCc4ccccn4)ccc3n2[C@H](CCCN=C(N)N)C(N)=O)c1. The summed E-state index contributed by atoms with van der Waals surface area (Å²) >= 11 is 0. The van der Waals surface area contributed by atoms with Crippen LogP contribution in [0.5, 0.6) is 11.5 Å². The monoisotopic (exact) mass is 634 g/mol. The lowest BCUT2D eigenvalue weighted by molar-refractivity contribution is -0.121. The minimum atomic E-state index is -0.752. The molecule has 7 N–H and O–H groups in total. The maximum absolute atomic E-state index is 13.1. The van der Waals surface area contributed by atoms with Crippen molar-refractivity contribution in [1.29, 1.82) is 0 Å². The van der Waals surface area contributed by atoms with Gasteiger partial charge in [-0.15, -0.1) is 0 Å². The van der Waals surface area contributed by atoms with E-state index in [-0.39, 0.29) is 11.9 Å². The van der Waals surface area contributed by atoms with Gasteiger partial charge in [0.15, 0.2) is 5.96 Å². The second kappa shape index (κ2) is 16.6. The molecule has 1 atom stereocenters. The molecule has 0 spiro atoms. The number of amides is 2. The second-order valence-corrected chi connectivity index (χ2v) is 10.6. The molecule has 0 aliphatic rings. The summed E-state index contributed by atoms with van der Waals surface area (Å²) in [7, 11) is 0. The second-order valence-electron chi connectivity index (χ2n) is 10.6. The van der Waals surface area contributed by atoms with Crippen molar-refractivity contribution in [2.45, 2.75) is 46.1 Å². The van der Waals surface area contributed by atoms with Crippen molar-refractivity contribution >= 4 is 28.8 Å². The Labute approximate surface area is 274 Å². The number of hydrogen-bond donors (Lipinski definition) is 4. The Morgan fingerprint density at radius 1 is 0.957 bits per heavy atom. The number of benzene rings is 3. The molecule has 3 aromatic carbocycles. The van der Waals surface area contributed by atoms with Gasteiger partial charge in [0.25, 0.3) is 5.91 Å². The molecule has 2 aromatic heterocycles. The van der Waals surface area contributed by atoms with E-state index in [2.05, 4.69) is 15.3 Å². The number of para-hydroxylation sites is 1. The number of aromatic nitrogens is 3. The summed E-state index contributed by atoms with van der Waals surface area (Å²) in [5.74, 6) is 1.08. The zero-order chi connectivity index (χ0) is 33.8. The Bertz CT molecular complexity index is 1830. The number of nitrogens with zero attached hydrogens (tertiary/aromatic N) is 4. The summed E-state index contributed by atoms with van der Waals surface area (Å²) < 4.78 is 8.01. The smallest absolute Gasteiger partial charge is 0.251 e. The third-order valence-corrected chi connectivity index (χ3v) is 7.33. The highest BCUT2D eigenvalue weighted by Gasteiger charge is 2.25. The Morgan fingerprint density at radius 2 is 1.74 bits per heavy atom. The van der Waals surface area contributed by atoms with Crippen molar-refractivity contribution in [2.75, 3.05) is 13.1 Å². The number of ether oxygens (including phenoxy) is 1. The molecule has 0 saturated carbocycles. The topological polar surface area (TPSA) is 177 Å². The first-order chi connectivity index (χ1) is 22.8. The number of primary amides is 1. The Balaban J connectivity index is 0.00000245. The van der Waals surface area contributed by atoms with Crippen LogP contribution in [-0.4, -0.2) is 45.4 Å². The van der Waals surface area contributed by atoms with Crippen LogP contribution in [0.15, 0.2) is 96.1 Å². The summed E-state index contributed by atoms with van der Waals surface area (Å²) in [5, 5.41) is 2.95. The van der Waals surface area contributed by atoms with E-state index in [0.29, 0.717) is 66.1 Å². The Hall–Kier alpha value is -5.71. The number of carbonyl (C=O) groups is 2. The normalized spacial score (nSPS) is 11.2. The Kier molecular flexibility index (Phi) is 12.0. The number of carbonyl (C=O) groups excluding carboxylic acids is 2. The first kappa shape index (κ1) is 34.2. The van der Waals surface area contributed by atoms with Crippen molar-refractivity contribution < 1.29 is 14.3 Å². The van der Waals surface area contributed by atoms with Crippen molar-refractivity contribution in [3.63, 3.8) is 0 Å². The molecular formula is C36H42N8O3. The van der Waals surface area contributed by atoms with Crippen LogP contribution in [0.25, 0.3) is 22.4 Å². The van der Waals surface area contributed by atoms with Crippen molar-refractivity contribution in [2.24, 2.45) is 22.2 Å². The molecular weight excluding hydrogens is 592 g/mol. The molecule has 0 bridgehead atoms. The molecule has 0 aliphatic heterocycles. The predicted molar refractivity (Wildman–Crippen MR) is 186 cm³/mol. The van der Waals surface area contributed by atoms with E-state index in [0.717, 1.165) is 17.0 Å². The standard InChI is InChI=1S/C34H36N8O3.C2H6/c1-22-8-2-3-13-30(22)45-26-11-6-9-23(20-26)32-41-27-21-24(33(44)39-19-16-25-10-4-5-17-38-25)14-15-28(27)42(32)29(31(35)43)12-7-18-40-34(36)37;1-2/h2-6,8-11,13-15,17,20-21,29H,7,12,16,18-19H2,1H3,(H2,35,43)(H,39,44)(H4,36,37,40);1-2H3/t29-;/m1./s1. The van der Waals surface area contributed by atoms with Crippen molar-refractivity contribution in [1.82, 2.24) is 19.9 Å². The van der Waals surface area contributed by atoms with E-state index in [9.17, 15) is 9.59 Å². The van der Waals surface area contributed by atoms with E-state index in [4.69, 9.17) is 26.9 Å². The Morgan fingerprint density at radius 3 is 2.47 bits per heavy atom. The molecule has 244 valence electrons. The highest BCUT2D eigenvalue weighted by molar-refractivity contribution is 5.98. The molecule has 2 heterocycles. The van der Waals surface area contributed by atoms with E-state index < -0.39 is 11.9 Å². The van der Waals surface area contributed by atoms with Crippen LogP contribution < -0.4 is 27.3 Å². The number of rotatable bonds is 13. The van der Waals surface area contributed by atoms with Gasteiger partial charge in [0, 0.05) is 42.5 Å². The molecule has 0 unspecified atom stereocenters. The molecule has 0 fully saturated rings. The molecule has 5 aromatic rings. The molecule has 0 saturated heterocycles. The summed E-state index contributed by atoms with van der Waals surface area (Å²) in [6, 6.07) is 25.4. The molecule has 11 nitrogen and oxygen atoms in total. The van der Waals surface area contributed by atoms with Crippen LogP contribution >= 0.6 is 0 Å². The first-order valence-corrected chi connectivity index (χ1v) is 15.7. The van der Waals surface area contributed by atoms with Crippen LogP contribution in [0, 0.1) is 6.92 Å². The number of nitrogens with one attached hydrogen (secondary N) is 1. The maximum Gasteiger partial charge on any atom is 0.251 e. The highest BCUT2D eigenvalue weighted by Crippen LogP contribution is 2.34. The molecule has 47 heavy (non-hydrogen) atoms. The molecule has 0 radical (unpaired) electrons. The lowest BCUT2D eigenvalue weighted by atomic mass is 10.1. The van der Waals surface area contributed by atoms with Crippen LogP contribution in [0.4, 0.5) is 0 Å².